The average Bonchev–Trinajstić information content (AvgIpc) is 3.00. The minimum atomic E-state index is -0.308. The molecule has 1 aromatic heterocycles. The van der Waals surface area contributed by atoms with Crippen LogP contribution in [0.2, 0.25) is 0 Å². The first kappa shape index (κ1) is 23.4. The number of amides is 3. The highest BCUT2D eigenvalue weighted by molar-refractivity contribution is 5.96. The minimum absolute atomic E-state index is 0.0520. The molecule has 7 nitrogen and oxygen atoms in total. The average molecular weight is 414 g/mol. The molecule has 2 aromatic rings. The summed E-state index contributed by atoms with van der Waals surface area (Å²) in [6.07, 6.45) is 0. The highest BCUT2D eigenvalue weighted by atomic mass is 16.2. The Bertz CT molecular complexity index is 876. The van der Waals surface area contributed by atoms with Crippen molar-refractivity contribution in [3.8, 4) is 0 Å². The Labute approximate surface area is 179 Å². The topological polar surface area (TPSA) is 79.3 Å². The monoisotopic (exact) mass is 413 g/mol. The maximum absolute atomic E-state index is 12.8. The lowest BCUT2D eigenvalue weighted by Crippen LogP contribution is -2.44. The van der Waals surface area contributed by atoms with Gasteiger partial charge in [0, 0.05) is 30.3 Å². The molecule has 2 rings (SSSR count). The third-order valence-electron chi connectivity index (χ3n) is 4.94. The summed E-state index contributed by atoms with van der Waals surface area (Å²) in [5, 5.41) is 10.2. The van der Waals surface area contributed by atoms with Crippen molar-refractivity contribution >= 4 is 23.4 Å². The van der Waals surface area contributed by atoms with E-state index >= 15 is 0 Å². The van der Waals surface area contributed by atoms with E-state index in [1.165, 1.54) is 10.5 Å². The molecule has 0 saturated carbocycles. The summed E-state index contributed by atoms with van der Waals surface area (Å²) in [6.45, 7) is 14.2. The molecule has 7 heteroatoms. The standard InChI is InChI=1S/C23H35N5O2/c1-15(2)17-9-11-18(12-10-17)24-22(30)28(16(3)4)14-21(29)25-20-13-19(23(5,6)7)26-27(20)8/h9-13,15-16H,14H2,1-8H3,(H,24,30)(H,25,29). The number of aromatic nitrogens is 2. The van der Waals surface area contributed by atoms with Crippen molar-refractivity contribution in [3.63, 3.8) is 0 Å². The van der Waals surface area contributed by atoms with Crippen molar-refractivity contribution in [2.45, 2.75) is 65.8 Å². The van der Waals surface area contributed by atoms with Crippen LogP contribution in [0.3, 0.4) is 0 Å². The minimum Gasteiger partial charge on any atom is -0.313 e. The fraction of sp³-hybridized carbons (Fsp3) is 0.522. The maximum Gasteiger partial charge on any atom is 0.322 e. The van der Waals surface area contributed by atoms with Crippen molar-refractivity contribution in [1.82, 2.24) is 14.7 Å². The normalized spacial score (nSPS) is 11.7. The summed E-state index contributed by atoms with van der Waals surface area (Å²) in [5.74, 6) is 0.771. The van der Waals surface area contributed by atoms with E-state index in [-0.39, 0.29) is 29.9 Å². The SMILES string of the molecule is CC(C)c1ccc(NC(=O)N(CC(=O)Nc2cc(C(C)(C)C)nn2C)C(C)C)cc1. The number of urea groups is 1. The molecule has 164 valence electrons. The number of aryl methyl sites for hydroxylation is 1. The molecule has 1 aromatic carbocycles. The van der Waals surface area contributed by atoms with Gasteiger partial charge in [0.2, 0.25) is 5.91 Å². The van der Waals surface area contributed by atoms with Crippen LogP contribution < -0.4 is 10.6 Å². The molecule has 30 heavy (non-hydrogen) atoms. The lowest BCUT2D eigenvalue weighted by Gasteiger charge is -2.26. The van der Waals surface area contributed by atoms with Gasteiger partial charge in [-0.15, -0.1) is 0 Å². The molecule has 0 aliphatic heterocycles. The van der Waals surface area contributed by atoms with E-state index in [9.17, 15) is 9.59 Å². The molecular weight excluding hydrogens is 378 g/mol. The van der Waals surface area contributed by atoms with E-state index in [4.69, 9.17) is 0 Å². The lowest BCUT2D eigenvalue weighted by atomic mass is 9.92. The Balaban J connectivity index is 2.05. The summed E-state index contributed by atoms with van der Waals surface area (Å²) < 4.78 is 1.65. The first-order valence-corrected chi connectivity index (χ1v) is 10.4. The number of rotatable bonds is 6. The van der Waals surface area contributed by atoms with E-state index in [0.29, 0.717) is 17.4 Å². The van der Waals surface area contributed by atoms with Gasteiger partial charge in [0.1, 0.15) is 12.4 Å². The second-order valence-electron chi connectivity index (χ2n) is 9.27. The van der Waals surface area contributed by atoms with Gasteiger partial charge in [0.25, 0.3) is 0 Å². The smallest absolute Gasteiger partial charge is 0.313 e. The largest absolute Gasteiger partial charge is 0.322 e. The molecule has 0 atom stereocenters. The molecule has 0 fully saturated rings. The van der Waals surface area contributed by atoms with Crippen molar-refractivity contribution in [3.05, 3.63) is 41.6 Å². The second-order valence-corrected chi connectivity index (χ2v) is 9.27. The van der Waals surface area contributed by atoms with Gasteiger partial charge in [-0.2, -0.15) is 5.10 Å². The van der Waals surface area contributed by atoms with Crippen LogP contribution in [0.25, 0.3) is 0 Å². The molecule has 0 radical (unpaired) electrons. The summed E-state index contributed by atoms with van der Waals surface area (Å²) in [7, 11) is 1.79. The van der Waals surface area contributed by atoms with E-state index in [1.54, 1.807) is 11.7 Å². The number of carbonyl (C=O) groups excluding carboxylic acids is 2. The number of hydrogen-bond acceptors (Lipinski definition) is 3. The molecular formula is C23H35N5O2. The number of benzene rings is 1. The zero-order chi connectivity index (χ0) is 22.6. The predicted molar refractivity (Wildman–Crippen MR) is 122 cm³/mol. The molecule has 0 unspecified atom stereocenters. The summed E-state index contributed by atoms with van der Waals surface area (Å²) in [5.41, 5.74) is 2.69. The predicted octanol–water partition coefficient (Wildman–Crippen LogP) is 4.72. The van der Waals surface area contributed by atoms with Crippen molar-refractivity contribution in [1.29, 1.82) is 0 Å². The molecule has 0 spiro atoms. The van der Waals surface area contributed by atoms with Gasteiger partial charge in [-0.1, -0.05) is 46.8 Å². The maximum atomic E-state index is 12.8. The summed E-state index contributed by atoms with van der Waals surface area (Å²) in [4.78, 5) is 26.9. The molecule has 0 bridgehead atoms. The number of hydrogen-bond donors (Lipinski definition) is 2. The molecule has 0 aliphatic carbocycles. The highest BCUT2D eigenvalue weighted by Crippen LogP contribution is 2.23. The van der Waals surface area contributed by atoms with Gasteiger partial charge in [0.15, 0.2) is 0 Å². The number of anilines is 2. The van der Waals surface area contributed by atoms with Crippen LogP contribution in [0.1, 0.15) is 65.6 Å². The van der Waals surface area contributed by atoms with Crippen LogP contribution in [-0.2, 0) is 17.3 Å². The molecule has 3 amide bonds. The molecule has 0 aliphatic rings. The fourth-order valence-corrected chi connectivity index (χ4v) is 2.92. The van der Waals surface area contributed by atoms with Gasteiger partial charge in [-0.25, -0.2) is 4.79 Å². The zero-order valence-electron chi connectivity index (χ0n) is 19.4. The Morgan fingerprint density at radius 2 is 1.67 bits per heavy atom. The van der Waals surface area contributed by atoms with E-state index in [2.05, 4.69) is 50.4 Å². The van der Waals surface area contributed by atoms with Crippen LogP contribution in [-0.4, -0.2) is 39.2 Å². The zero-order valence-corrected chi connectivity index (χ0v) is 19.4. The Morgan fingerprint density at radius 3 is 2.13 bits per heavy atom. The first-order chi connectivity index (χ1) is 13.9. The third kappa shape index (κ3) is 6.08. The van der Waals surface area contributed by atoms with Crippen molar-refractivity contribution in [2.75, 3.05) is 17.2 Å². The van der Waals surface area contributed by atoms with Crippen LogP contribution in [0.5, 0.6) is 0 Å². The van der Waals surface area contributed by atoms with E-state index in [1.807, 2.05) is 44.2 Å². The Hall–Kier alpha value is -2.83. The van der Waals surface area contributed by atoms with Crippen LogP contribution >= 0.6 is 0 Å². The second kappa shape index (κ2) is 9.32. The molecule has 2 N–H and O–H groups in total. The van der Waals surface area contributed by atoms with Crippen LogP contribution in [0.15, 0.2) is 30.3 Å². The third-order valence-corrected chi connectivity index (χ3v) is 4.94. The molecule has 0 saturated heterocycles. The quantitative estimate of drug-likeness (QED) is 0.719. The Morgan fingerprint density at radius 1 is 1.07 bits per heavy atom. The summed E-state index contributed by atoms with van der Waals surface area (Å²) >= 11 is 0. The summed E-state index contributed by atoms with van der Waals surface area (Å²) in [6, 6.07) is 9.20. The van der Waals surface area contributed by atoms with E-state index < -0.39 is 0 Å². The van der Waals surface area contributed by atoms with Crippen LogP contribution in [0, 0.1) is 0 Å². The van der Waals surface area contributed by atoms with Crippen molar-refractivity contribution in [2.24, 2.45) is 7.05 Å². The van der Waals surface area contributed by atoms with Gasteiger partial charge in [-0.3, -0.25) is 9.48 Å². The number of nitrogens with one attached hydrogen (secondary N) is 2. The number of carbonyl (C=O) groups is 2. The Kier molecular flexibility index (Phi) is 7.29. The van der Waals surface area contributed by atoms with Crippen molar-refractivity contribution < 1.29 is 9.59 Å². The highest BCUT2D eigenvalue weighted by Gasteiger charge is 2.23. The number of nitrogens with zero attached hydrogens (tertiary/aromatic N) is 3. The van der Waals surface area contributed by atoms with E-state index in [0.717, 1.165) is 5.69 Å². The van der Waals surface area contributed by atoms with Crippen LogP contribution in [0.4, 0.5) is 16.3 Å². The fourth-order valence-electron chi connectivity index (χ4n) is 2.92. The van der Waals surface area contributed by atoms with Gasteiger partial charge < -0.3 is 15.5 Å². The first-order valence-electron chi connectivity index (χ1n) is 10.4. The van der Waals surface area contributed by atoms with Gasteiger partial charge >= 0.3 is 6.03 Å². The van der Waals surface area contributed by atoms with Gasteiger partial charge in [-0.05, 0) is 37.5 Å². The lowest BCUT2D eigenvalue weighted by molar-refractivity contribution is -0.117. The van der Waals surface area contributed by atoms with Gasteiger partial charge in [0.05, 0.1) is 5.69 Å². The molecule has 1 heterocycles.